The van der Waals surface area contributed by atoms with Crippen LogP contribution < -0.4 is 5.32 Å². The highest BCUT2D eigenvalue weighted by atomic mass is 79.9. The molecule has 102 valence electrons. The summed E-state index contributed by atoms with van der Waals surface area (Å²) >= 11 is 4.90. The Kier molecular flexibility index (Phi) is 3.31. The molecule has 2 heterocycles. The monoisotopic (exact) mass is 350 g/mol. The topological polar surface area (TPSA) is 59.8 Å². The summed E-state index contributed by atoms with van der Waals surface area (Å²) in [5.41, 5.74) is 2.24. The SMILES string of the molecule is Cc1cnn(C)c1C(=O)Nc1nc2c(Br)cccc2s1. The molecule has 0 bridgehead atoms. The molecule has 0 aliphatic carbocycles. The van der Waals surface area contributed by atoms with Crippen LogP contribution in [0.4, 0.5) is 5.13 Å². The normalized spacial score (nSPS) is 10.9. The highest BCUT2D eigenvalue weighted by Gasteiger charge is 2.16. The lowest BCUT2D eigenvalue weighted by Gasteiger charge is -2.02. The molecule has 0 aliphatic rings. The van der Waals surface area contributed by atoms with Gasteiger partial charge >= 0.3 is 0 Å². The van der Waals surface area contributed by atoms with Gasteiger partial charge in [-0.1, -0.05) is 17.4 Å². The van der Waals surface area contributed by atoms with Crippen molar-refractivity contribution in [2.24, 2.45) is 7.05 Å². The third-order valence-corrected chi connectivity index (χ3v) is 4.50. The zero-order valence-corrected chi connectivity index (χ0v) is 13.2. The van der Waals surface area contributed by atoms with Crippen molar-refractivity contribution in [1.82, 2.24) is 14.8 Å². The Balaban J connectivity index is 1.94. The van der Waals surface area contributed by atoms with Crippen LogP contribution >= 0.6 is 27.3 Å². The molecular weight excluding hydrogens is 340 g/mol. The zero-order chi connectivity index (χ0) is 14.3. The molecule has 20 heavy (non-hydrogen) atoms. The van der Waals surface area contributed by atoms with Crippen LogP contribution in [0, 0.1) is 6.92 Å². The van der Waals surface area contributed by atoms with E-state index in [0.29, 0.717) is 10.8 Å². The number of carbonyl (C=O) groups excluding carboxylic acids is 1. The highest BCUT2D eigenvalue weighted by molar-refractivity contribution is 9.10. The highest BCUT2D eigenvalue weighted by Crippen LogP contribution is 2.31. The van der Waals surface area contributed by atoms with Gasteiger partial charge in [0.2, 0.25) is 0 Å². The molecule has 0 atom stereocenters. The van der Waals surface area contributed by atoms with E-state index in [0.717, 1.165) is 20.3 Å². The Morgan fingerprint density at radius 3 is 2.90 bits per heavy atom. The summed E-state index contributed by atoms with van der Waals surface area (Å²) in [7, 11) is 1.75. The molecule has 0 radical (unpaired) electrons. The van der Waals surface area contributed by atoms with Crippen molar-refractivity contribution in [3.8, 4) is 0 Å². The Morgan fingerprint density at radius 1 is 1.45 bits per heavy atom. The van der Waals surface area contributed by atoms with Gasteiger partial charge in [0.15, 0.2) is 5.13 Å². The molecule has 0 spiro atoms. The maximum absolute atomic E-state index is 12.3. The number of nitrogens with zero attached hydrogens (tertiary/aromatic N) is 3. The van der Waals surface area contributed by atoms with E-state index in [1.165, 1.54) is 11.3 Å². The quantitative estimate of drug-likeness (QED) is 0.770. The first-order valence-corrected chi connectivity index (χ1v) is 7.52. The number of carbonyl (C=O) groups is 1. The molecule has 1 aromatic carbocycles. The van der Waals surface area contributed by atoms with Gasteiger partial charge in [0.1, 0.15) is 5.69 Å². The predicted molar refractivity (Wildman–Crippen MR) is 83.2 cm³/mol. The maximum atomic E-state index is 12.3. The summed E-state index contributed by atoms with van der Waals surface area (Å²) in [6, 6.07) is 5.85. The zero-order valence-electron chi connectivity index (χ0n) is 10.8. The van der Waals surface area contributed by atoms with E-state index in [2.05, 4.69) is 31.3 Å². The van der Waals surface area contributed by atoms with Crippen molar-refractivity contribution in [1.29, 1.82) is 0 Å². The minimum atomic E-state index is -0.197. The second-order valence-electron chi connectivity index (χ2n) is 4.36. The fourth-order valence-corrected chi connectivity index (χ4v) is 3.47. The van der Waals surface area contributed by atoms with Gasteiger partial charge < -0.3 is 0 Å². The van der Waals surface area contributed by atoms with E-state index < -0.39 is 0 Å². The molecule has 5 nitrogen and oxygen atoms in total. The minimum absolute atomic E-state index is 0.197. The molecule has 0 aliphatic heterocycles. The minimum Gasteiger partial charge on any atom is -0.296 e. The molecule has 2 aromatic heterocycles. The van der Waals surface area contributed by atoms with Gasteiger partial charge in [-0.3, -0.25) is 14.8 Å². The number of aryl methyl sites for hydroxylation is 2. The van der Waals surface area contributed by atoms with Crippen LogP contribution in [-0.2, 0) is 7.05 Å². The first-order valence-electron chi connectivity index (χ1n) is 5.91. The number of amides is 1. The van der Waals surface area contributed by atoms with E-state index in [-0.39, 0.29) is 5.91 Å². The summed E-state index contributed by atoms with van der Waals surface area (Å²) in [6.07, 6.45) is 1.67. The van der Waals surface area contributed by atoms with Gasteiger partial charge in [-0.15, -0.1) is 0 Å². The Morgan fingerprint density at radius 2 is 2.25 bits per heavy atom. The van der Waals surface area contributed by atoms with Gasteiger partial charge in [0.25, 0.3) is 5.91 Å². The van der Waals surface area contributed by atoms with Crippen LogP contribution in [0.3, 0.4) is 0 Å². The van der Waals surface area contributed by atoms with E-state index in [1.54, 1.807) is 17.9 Å². The van der Waals surface area contributed by atoms with Crippen molar-refractivity contribution in [2.75, 3.05) is 5.32 Å². The first kappa shape index (κ1) is 13.3. The van der Waals surface area contributed by atoms with Gasteiger partial charge in [-0.2, -0.15) is 5.10 Å². The molecule has 3 rings (SSSR count). The van der Waals surface area contributed by atoms with E-state index in [9.17, 15) is 4.79 Å². The van der Waals surface area contributed by atoms with Gasteiger partial charge in [0, 0.05) is 11.5 Å². The molecule has 0 saturated carbocycles. The summed E-state index contributed by atoms with van der Waals surface area (Å²) in [6.45, 7) is 1.86. The number of nitrogens with one attached hydrogen (secondary N) is 1. The Labute approximate surface area is 127 Å². The van der Waals surface area contributed by atoms with Crippen LogP contribution in [0.25, 0.3) is 10.2 Å². The number of para-hydroxylation sites is 1. The van der Waals surface area contributed by atoms with Crippen molar-refractivity contribution in [3.05, 3.63) is 40.1 Å². The average molecular weight is 351 g/mol. The van der Waals surface area contributed by atoms with E-state index in [1.807, 2.05) is 25.1 Å². The second kappa shape index (κ2) is 4.99. The number of fused-ring (bicyclic) bond motifs is 1. The van der Waals surface area contributed by atoms with Crippen molar-refractivity contribution in [3.63, 3.8) is 0 Å². The number of anilines is 1. The molecular formula is C13H11BrN4OS. The average Bonchev–Trinajstić information content (AvgIpc) is 2.94. The van der Waals surface area contributed by atoms with Crippen molar-refractivity contribution < 1.29 is 4.79 Å². The summed E-state index contributed by atoms with van der Waals surface area (Å²) in [4.78, 5) is 16.7. The first-order chi connectivity index (χ1) is 9.56. The van der Waals surface area contributed by atoms with Crippen LogP contribution in [-0.4, -0.2) is 20.7 Å². The summed E-state index contributed by atoms with van der Waals surface area (Å²) in [5.74, 6) is -0.197. The molecule has 1 amide bonds. The second-order valence-corrected chi connectivity index (χ2v) is 6.24. The number of benzene rings is 1. The smallest absolute Gasteiger partial charge is 0.275 e. The van der Waals surface area contributed by atoms with Crippen molar-refractivity contribution >= 4 is 48.5 Å². The Hall–Kier alpha value is -1.73. The number of aromatic nitrogens is 3. The fourth-order valence-electron chi connectivity index (χ4n) is 2.00. The molecule has 0 saturated heterocycles. The lowest BCUT2D eigenvalue weighted by molar-refractivity contribution is 0.101. The Bertz CT molecular complexity index is 788. The molecule has 1 N–H and O–H groups in total. The molecule has 3 aromatic rings. The van der Waals surface area contributed by atoms with Crippen LogP contribution in [0.15, 0.2) is 28.9 Å². The molecule has 0 unspecified atom stereocenters. The predicted octanol–water partition coefficient (Wildman–Crippen LogP) is 3.35. The lowest BCUT2D eigenvalue weighted by Crippen LogP contribution is -2.17. The standard InChI is InChI=1S/C13H11BrN4OS/c1-7-6-15-18(2)11(7)12(19)17-13-16-10-8(14)4-3-5-9(10)20-13/h3-6H,1-2H3,(H,16,17,19). The number of hydrogen-bond acceptors (Lipinski definition) is 4. The summed E-state index contributed by atoms with van der Waals surface area (Å²) in [5, 5.41) is 7.48. The molecule has 0 fully saturated rings. The lowest BCUT2D eigenvalue weighted by atomic mass is 10.2. The third-order valence-electron chi connectivity index (χ3n) is 2.93. The van der Waals surface area contributed by atoms with Gasteiger partial charge in [-0.25, -0.2) is 4.98 Å². The van der Waals surface area contributed by atoms with Crippen molar-refractivity contribution in [2.45, 2.75) is 6.92 Å². The maximum Gasteiger partial charge on any atom is 0.275 e. The van der Waals surface area contributed by atoms with E-state index in [4.69, 9.17) is 0 Å². The number of rotatable bonds is 2. The fraction of sp³-hybridized carbons (Fsp3) is 0.154. The number of hydrogen-bond donors (Lipinski definition) is 1. The molecule has 7 heteroatoms. The van der Waals surface area contributed by atoms with Gasteiger partial charge in [-0.05, 0) is 40.5 Å². The third kappa shape index (κ3) is 2.23. The number of thiazole rings is 1. The van der Waals surface area contributed by atoms with Gasteiger partial charge in [0.05, 0.1) is 16.4 Å². The summed E-state index contributed by atoms with van der Waals surface area (Å²) < 4.78 is 3.51. The largest absolute Gasteiger partial charge is 0.296 e. The van der Waals surface area contributed by atoms with E-state index >= 15 is 0 Å². The van der Waals surface area contributed by atoms with Crippen LogP contribution in [0.2, 0.25) is 0 Å². The number of halogens is 1. The van der Waals surface area contributed by atoms with Crippen LogP contribution in [0.5, 0.6) is 0 Å². The van der Waals surface area contributed by atoms with Crippen LogP contribution in [0.1, 0.15) is 16.1 Å².